The standard InChI is InChI=1S/C11H18N4O2/c1-9(12-8-10-2-3-13-14-10)11(16)15-4-6-17-7-5-15/h2-3,9,12H,4-8H2,1H3,(H,13,14). The van der Waals surface area contributed by atoms with Crippen LogP contribution >= 0.6 is 0 Å². The van der Waals surface area contributed by atoms with Gasteiger partial charge in [0.05, 0.1) is 19.3 Å². The number of aromatic nitrogens is 2. The van der Waals surface area contributed by atoms with Gasteiger partial charge in [0.15, 0.2) is 0 Å². The lowest BCUT2D eigenvalue weighted by Crippen LogP contribution is -2.49. The minimum Gasteiger partial charge on any atom is -0.378 e. The van der Waals surface area contributed by atoms with Crippen LogP contribution in [0.1, 0.15) is 12.6 Å². The number of hydrogen-bond donors (Lipinski definition) is 2. The number of nitrogens with zero attached hydrogens (tertiary/aromatic N) is 2. The molecule has 2 N–H and O–H groups in total. The first-order valence-corrected chi connectivity index (χ1v) is 5.85. The van der Waals surface area contributed by atoms with Crippen LogP contribution in [0, 0.1) is 0 Å². The van der Waals surface area contributed by atoms with Crippen LogP contribution in [-0.4, -0.2) is 53.3 Å². The highest BCUT2D eigenvalue weighted by molar-refractivity contribution is 5.81. The minimum atomic E-state index is -0.184. The molecule has 1 aliphatic rings. The number of nitrogens with one attached hydrogen (secondary N) is 2. The number of carbonyl (C=O) groups excluding carboxylic acids is 1. The van der Waals surface area contributed by atoms with Gasteiger partial charge in [-0.3, -0.25) is 9.89 Å². The summed E-state index contributed by atoms with van der Waals surface area (Å²) in [5, 5.41) is 9.89. The number of amides is 1. The van der Waals surface area contributed by atoms with E-state index in [1.54, 1.807) is 6.20 Å². The molecule has 6 heteroatoms. The Bertz CT molecular complexity index is 346. The smallest absolute Gasteiger partial charge is 0.239 e. The van der Waals surface area contributed by atoms with Crippen LogP contribution in [0.4, 0.5) is 0 Å². The van der Waals surface area contributed by atoms with E-state index in [1.165, 1.54) is 0 Å². The van der Waals surface area contributed by atoms with Crippen LogP contribution in [0.25, 0.3) is 0 Å². The normalized spacial score (nSPS) is 18.1. The fourth-order valence-corrected chi connectivity index (χ4v) is 1.79. The number of morpholine rings is 1. The first-order chi connectivity index (χ1) is 8.27. The van der Waals surface area contributed by atoms with Gasteiger partial charge in [-0.1, -0.05) is 0 Å². The molecule has 0 aliphatic carbocycles. The van der Waals surface area contributed by atoms with E-state index < -0.39 is 0 Å². The molecule has 0 radical (unpaired) electrons. The molecule has 94 valence electrons. The minimum absolute atomic E-state index is 0.132. The van der Waals surface area contributed by atoms with Gasteiger partial charge < -0.3 is 15.0 Å². The quantitative estimate of drug-likeness (QED) is 0.758. The Morgan fingerprint density at radius 3 is 3.06 bits per heavy atom. The van der Waals surface area contributed by atoms with Crippen LogP contribution in [0.5, 0.6) is 0 Å². The number of H-pyrrole nitrogens is 1. The summed E-state index contributed by atoms with van der Waals surface area (Å²) in [7, 11) is 0. The third-order valence-corrected chi connectivity index (χ3v) is 2.85. The molecule has 0 bridgehead atoms. The Kier molecular flexibility index (Phi) is 4.11. The predicted octanol–water partition coefficient (Wildman–Crippen LogP) is -0.253. The summed E-state index contributed by atoms with van der Waals surface area (Å²) in [4.78, 5) is 13.9. The van der Waals surface area contributed by atoms with E-state index in [-0.39, 0.29) is 11.9 Å². The van der Waals surface area contributed by atoms with Crippen LogP contribution in [0.3, 0.4) is 0 Å². The molecule has 1 aromatic rings. The van der Waals surface area contributed by atoms with Crippen molar-refractivity contribution in [2.24, 2.45) is 0 Å². The number of hydrogen-bond acceptors (Lipinski definition) is 4. The largest absolute Gasteiger partial charge is 0.378 e. The molecule has 1 amide bonds. The van der Waals surface area contributed by atoms with Crippen molar-refractivity contribution in [1.29, 1.82) is 0 Å². The Labute approximate surface area is 100 Å². The maximum atomic E-state index is 12.0. The number of ether oxygens (including phenoxy) is 1. The van der Waals surface area contributed by atoms with E-state index >= 15 is 0 Å². The van der Waals surface area contributed by atoms with Crippen LogP contribution in [0.2, 0.25) is 0 Å². The molecule has 1 atom stereocenters. The summed E-state index contributed by atoms with van der Waals surface area (Å²) < 4.78 is 5.22. The third-order valence-electron chi connectivity index (χ3n) is 2.85. The van der Waals surface area contributed by atoms with E-state index in [0.29, 0.717) is 32.8 Å². The summed E-state index contributed by atoms with van der Waals surface area (Å²) in [5.74, 6) is 0.132. The van der Waals surface area contributed by atoms with Gasteiger partial charge in [-0.25, -0.2) is 0 Å². The number of rotatable bonds is 4. The van der Waals surface area contributed by atoms with Crippen LogP contribution in [0.15, 0.2) is 12.3 Å². The highest BCUT2D eigenvalue weighted by atomic mass is 16.5. The fourth-order valence-electron chi connectivity index (χ4n) is 1.79. The second-order valence-electron chi connectivity index (χ2n) is 4.12. The molecule has 0 spiro atoms. The molecule has 2 rings (SSSR count). The SMILES string of the molecule is CC(NCc1ccn[nH]1)C(=O)N1CCOCC1. The Balaban J connectivity index is 1.78. The van der Waals surface area contributed by atoms with Gasteiger partial charge in [-0.05, 0) is 13.0 Å². The topological polar surface area (TPSA) is 70.2 Å². The Morgan fingerprint density at radius 1 is 1.65 bits per heavy atom. The highest BCUT2D eigenvalue weighted by Gasteiger charge is 2.21. The molecule has 1 saturated heterocycles. The molecule has 0 aromatic carbocycles. The molecule has 1 unspecified atom stereocenters. The van der Waals surface area contributed by atoms with Crippen molar-refractivity contribution in [3.8, 4) is 0 Å². The second kappa shape index (κ2) is 5.79. The van der Waals surface area contributed by atoms with Gasteiger partial charge in [0.1, 0.15) is 0 Å². The van der Waals surface area contributed by atoms with Crippen molar-refractivity contribution in [3.05, 3.63) is 18.0 Å². The highest BCUT2D eigenvalue weighted by Crippen LogP contribution is 2.01. The van der Waals surface area contributed by atoms with Gasteiger partial charge in [0.25, 0.3) is 0 Å². The van der Waals surface area contributed by atoms with Crippen molar-refractivity contribution < 1.29 is 9.53 Å². The average molecular weight is 238 g/mol. The summed E-state index contributed by atoms with van der Waals surface area (Å²) in [5.41, 5.74) is 0.978. The molecule has 2 heterocycles. The molecule has 6 nitrogen and oxygen atoms in total. The number of aromatic amines is 1. The monoisotopic (exact) mass is 238 g/mol. The third kappa shape index (κ3) is 3.28. The molecule has 0 saturated carbocycles. The fraction of sp³-hybridized carbons (Fsp3) is 0.636. The van der Waals surface area contributed by atoms with Gasteiger partial charge in [0, 0.05) is 31.5 Å². The predicted molar refractivity (Wildman–Crippen MR) is 62.3 cm³/mol. The zero-order valence-electron chi connectivity index (χ0n) is 9.98. The van der Waals surface area contributed by atoms with Crippen LogP contribution in [-0.2, 0) is 16.1 Å². The summed E-state index contributed by atoms with van der Waals surface area (Å²) in [6.07, 6.45) is 1.70. The Hall–Kier alpha value is -1.40. The van der Waals surface area contributed by atoms with Crippen molar-refractivity contribution in [1.82, 2.24) is 20.4 Å². The van der Waals surface area contributed by atoms with E-state index in [0.717, 1.165) is 5.69 Å². The zero-order chi connectivity index (χ0) is 12.1. The molecule has 1 aliphatic heterocycles. The first-order valence-electron chi connectivity index (χ1n) is 5.85. The van der Waals surface area contributed by atoms with E-state index in [9.17, 15) is 4.79 Å². The van der Waals surface area contributed by atoms with E-state index in [4.69, 9.17) is 4.74 Å². The van der Waals surface area contributed by atoms with Crippen LogP contribution < -0.4 is 5.32 Å². The lowest BCUT2D eigenvalue weighted by Gasteiger charge is -2.29. The summed E-state index contributed by atoms with van der Waals surface area (Å²) in [6.45, 7) is 5.16. The first kappa shape index (κ1) is 12.1. The van der Waals surface area contributed by atoms with Crippen molar-refractivity contribution in [3.63, 3.8) is 0 Å². The lowest BCUT2D eigenvalue weighted by atomic mass is 10.2. The van der Waals surface area contributed by atoms with E-state index in [2.05, 4.69) is 15.5 Å². The maximum absolute atomic E-state index is 12.0. The van der Waals surface area contributed by atoms with Gasteiger partial charge >= 0.3 is 0 Å². The summed E-state index contributed by atoms with van der Waals surface area (Å²) in [6, 6.07) is 1.70. The van der Waals surface area contributed by atoms with Gasteiger partial charge in [-0.15, -0.1) is 0 Å². The van der Waals surface area contributed by atoms with Crippen molar-refractivity contribution in [2.75, 3.05) is 26.3 Å². The van der Waals surface area contributed by atoms with Crippen molar-refractivity contribution >= 4 is 5.91 Å². The molecule has 1 aromatic heterocycles. The molecular weight excluding hydrogens is 220 g/mol. The van der Waals surface area contributed by atoms with E-state index in [1.807, 2.05) is 17.9 Å². The molecule has 17 heavy (non-hydrogen) atoms. The lowest BCUT2D eigenvalue weighted by molar-refractivity contribution is -0.137. The molecule has 1 fully saturated rings. The van der Waals surface area contributed by atoms with Gasteiger partial charge in [0.2, 0.25) is 5.91 Å². The zero-order valence-corrected chi connectivity index (χ0v) is 9.98. The van der Waals surface area contributed by atoms with Gasteiger partial charge in [-0.2, -0.15) is 5.10 Å². The second-order valence-corrected chi connectivity index (χ2v) is 4.12. The average Bonchev–Trinajstić information content (AvgIpc) is 2.89. The van der Waals surface area contributed by atoms with Crippen molar-refractivity contribution in [2.45, 2.75) is 19.5 Å². The Morgan fingerprint density at radius 2 is 2.41 bits per heavy atom. The summed E-state index contributed by atoms with van der Waals surface area (Å²) >= 11 is 0. The maximum Gasteiger partial charge on any atom is 0.239 e. The molecular formula is C11H18N4O2. The number of carbonyl (C=O) groups is 1.